The summed E-state index contributed by atoms with van der Waals surface area (Å²) in [6, 6.07) is -1.22. The lowest BCUT2D eigenvalue weighted by Gasteiger charge is -2.28. The summed E-state index contributed by atoms with van der Waals surface area (Å²) >= 11 is 5.58. The summed E-state index contributed by atoms with van der Waals surface area (Å²) in [7, 11) is 0. The summed E-state index contributed by atoms with van der Waals surface area (Å²) in [6.07, 6.45) is -2.83. The molecule has 0 radical (unpaired) electrons. The maximum atomic E-state index is 13.9. The second kappa shape index (κ2) is 20.5. The van der Waals surface area contributed by atoms with Gasteiger partial charge in [-0.15, -0.1) is 0 Å². The van der Waals surface area contributed by atoms with Crippen molar-refractivity contribution in [1.29, 1.82) is 0 Å². The molecule has 0 saturated heterocycles. The van der Waals surface area contributed by atoms with E-state index in [0.717, 1.165) is 27.7 Å². The van der Waals surface area contributed by atoms with Crippen LogP contribution in [0.25, 0.3) is 0 Å². The molecule has 0 aromatic heterocycles. The number of halogens is 3. The van der Waals surface area contributed by atoms with Gasteiger partial charge in [0, 0.05) is 60.7 Å². The SMILES string of the molecule is CC(=O)OCCC(OC(C)=O)C(=O)Nc1c(I)c(COC(C)=O)c(I)c(C(=O)NC(COC(C)=O)C(COC(C)=O)OC(C)=O)c1I. The van der Waals surface area contributed by atoms with Crippen LogP contribution in [0, 0.1) is 10.7 Å². The Labute approximate surface area is 310 Å². The lowest BCUT2D eigenvalue weighted by atomic mass is 10.1. The highest BCUT2D eigenvalue weighted by Crippen LogP contribution is 2.36. The summed E-state index contributed by atoms with van der Waals surface area (Å²) in [6.45, 7) is 5.33. The van der Waals surface area contributed by atoms with Crippen molar-refractivity contribution >= 4 is 121 Å². The molecule has 3 unspecified atom stereocenters. The van der Waals surface area contributed by atoms with E-state index in [2.05, 4.69) is 10.6 Å². The van der Waals surface area contributed by atoms with Crippen molar-refractivity contribution in [2.24, 2.45) is 0 Å². The molecule has 1 aromatic carbocycles. The Morgan fingerprint density at radius 2 is 1.17 bits per heavy atom. The molecule has 1 aromatic rings. The minimum atomic E-state index is -1.38. The van der Waals surface area contributed by atoms with Gasteiger partial charge < -0.3 is 39.1 Å². The lowest BCUT2D eigenvalue weighted by Crippen LogP contribution is -2.50. The monoisotopic (exact) mass is 1000 g/mol. The van der Waals surface area contributed by atoms with E-state index < -0.39 is 79.1 Å². The predicted octanol–water partition coefficient (Wildman–Crippen LogP) is 2.54. The highest BCUT2D eigenvalue weighted by atomic mass is 127. The van der Waals surface area contributed by atoms with Crippen LogP contribution in [-0.2, 0) is 68.6 Å². The van der Waals surface area contributed by atoms with Gasteiger partial charge >= 0.3 is 35.8 Å². The minimum absolute atomic E-state index is 0.0186. The fourth-order valence-electron chi connectivity index (χ4n) is 3.62. The third kappa shape index (κ3) is 14.9. The topological polar surface area (TPSA) is 216 Å². The van der Waals surface area contributed by atoms with E-state index >= 15 is 0 Å². The van der Waals surface area contributed by atoms with Crippen LogP contribution in [0.4, 0.5) is 5.69 Å². The minimum Gasteiger partial charge on any atom is -0.466 e. The van der Waals surface area contributed by atoms with Gasteiger partial charge in [-0.05, 0) is 67.8 Å². The number of carbonyl (C=O) groups excluding carboxylic acids is 8. The van der Waals surface area contributed by atoms with Crippen LogP contribution in [0.1, 0.15) is 63.9 Å². The fourth-order valence-corrected chi connectivity index (χ4v) is 7.85. The van der Waals surface area contributed by atoms with Gasteiger partial charge in [-0.2, -0.15) is 0 Å². The molecule has 2 N–H and O–H groups in total. The Balaban J connectivity index is 3.72. The molecule has 0 aliphatic carbocycles. The maximum absolute atomic E-state index is 13.9. The molecule has 0 fully saturated rings. The number of esters is 6. The number of benzene rings is 1. The molecule has 16 nitrogen and oxygen atoms in total. The number of rotatable bonds is 16. The van der Waals surface area contributed by atoms with E-state index in [1.807, 2.05) is 67.8 Å². The molecular weight excluding hydrogens is 969 g/mol. The normalized spacial score (nSPS) is 12.4. The summed E-state index contributed by atoms with van der Waals surface area (Å²) < 4.78 is 31.5. The average Bonchev–Trinajstić information content (AvgIpc) is 2.94. The summed E-state index contributed by atoms with van der Waals surface area (Å²) in [4.78, 5) is 96.9. The Bertz CT molecular complexity index is 1400. The van der Waals surface area contributed by atoms with Crippen molar-refractivity contribution in [3.8, 4) is 0 Å². The van der Waals surface area contributed by atoms with Gasteiger partial charge in [0.1, 0.15) is 25.9 Å². The molecule has 0 bridgehead atoms. The van der Waals surface area contributed by atoms with Gasteiger partial charge in [0.2, 0.25) is 0 Å². The molecule has 0 aliphatic heterocycles. The molecule has 0 saturated carbocycles. The quantitative estimate of drug-likeness (QED) is 0.138. The summed E-state index contributed by atoms with van der Waals surface area (Å²) in [5.74, 6) is -5.77. The zero-order valence-corrected chi connectivity index (χ0v) is 32.6. The van der Waals surface area contributed by atoms with Gasteiger partial charge in [0.05, 0.1) is 21.4 Å². The van der Waals surface area contributed by atoms with Gasteiger partial charge in [-0.25, -0.2) is 0 Å². The zero-order chi connectivity index (χ0) is 36.0. The second-order valence-electron chi connectivity index (χ2n) is 9.50. The molecule has 0 spiro atoms. The third-order valence-corrected chi connectivity index (χ3v) is 9.05. The van der Waals surface area contributed by atoms with Crippen molar-refractivity contribution in [3.63, 3.8) is 0 Å². The molecule has 19 heteroatoms. The molecular formula is C28H33I3N2O14. The van der Waals surface area contributed by atoms with Gasteiger partial charge in [0.25, 0.3) is 11.8 Å². The van der Waals surface area contributed by atoms with Crippen LogP contribution < -0.4 is 10.6 Å². The number of anilines is 1. The summed E-state index contributed by atoms with van der Waals surface area (Å²) in [5.41, 5.74) is 0.413. The second-order valence-corrected chi connectivity index (χ2v) is 12.7. The first-order chi connectivity index (χ1) is 21.8. The molecule has 2 amide bonds. The van der Waals surface area contributed by atoms with E-state index in [1.54, 1.807) is 0 Å². The van der Waals surface area contributed by atoms with Crippen LogP contribution in [0.2, 0.25) is 0 Å². The average molecular weight is 1000 g/mol. The Morgan fingerprint density at radius 3 is 1.68 bits per heavy atom. The molecule has 0 heterocycles. The summed E-state index contributed by atoms with van der Waals surface area (Å²) in [5, 5.41) is 5.30. The first-order valence-corrected chi connectivity index (χ1v) is 16.8. The first kappa shape index (κ1) is 42.2. The highest BCUT2D eigenvalue weighted by Gasteiger charge is 2.33. The van der Waals surface area contributed by atoms with E-state index in [4.69, 9.17) is 28.4 Å². The number of carbonyl (C=O) groups is 8. The van der Waals surface area contributed by atoms with Crippen molar-refractivity contribution in [2.45, 2.75) is 72.8 Å². The van der Waals surface area contributed by atoms with Crippen LogP contribution >= 0.6 is 67.8 Å². The van der Waals surface area contributed by atoms with Crippen LogP contribution in [0.15, 0.2) is 0 Å². The Morgan fingerprint density at radius 1 is 0.638 bits per heavy atom. The Kier molecular flexibility index (Phi) is 18.4. The molecule has 47 heavy (non-hydrogen) atoms. The van der Waals surface area contributed by atoms with E-state index in [1.165, 1.54) is 13.8 Å². The van der Waals surface area contributed by atoms with Crippen LogP contribution in [0.5, 0.6) is 0 Å². The van der Waals surface area contributed by atoms with Crippen molar-refractivity contribution in [1.82, 2.24) is 5.32 Å². The van der Waals surface area contributed by atoms with Gasteiger partial charge in [0.15, 0.2) is 12.2 Å². The smallest absolute Gasteiger partial charge is 0.303 e. The largest absolute Gasteiger partial charge is 0.466 e. The zero-order valence-electron chi connectivity index (χ0n) is 26.1. The number of hydrogen-bond donors (Lipinski definition) is 2. The van der Waals surface area contributed by atoms with E-state index in [9.17, 15) is 38.4 Å². The lowest BCUT2D eigenvalue weighted by molar-refractivity contribution is -0.160. The van der Waals surface area contributed by atoms with Crippen LogP contribution in [0.3, 0.4) is 0 Å². The number of amides is 2. The standard InChI is InChI=1S/C28H33I3N2O14/c1-12(34)42-8-7-20(46-16(5)38)27(40)33-26-24(30)18(9-43-13(2)35)23(29)22(25(26)31)28(41)32-19(10-44-14(3)36)21(47-17(6)39)11-45-15(4)37/h19-21H,7-11H2,1-6H3,(H,32,41)(H,33,40). The van der Waals surface area contributed by atoms with Crippen molar-refractivity contribution in [3.05, 3.63) is 21.8 Å². The molecule has 0 aliphatic rings. The molecule has 260 valence electrons. The van der Waals surface area contributed by atoms with Crippen molar-refractivity contribution < 1.29 is 66.8 Å². The predicted molar refractivity (Wildman–Crippen MR) is 186 cm³/mol. The van der Waals surface area contributed by atoms with Gasteiger partial charge in [-0.3, -0.25) is 38.4 Å². The number of ether oxygens (including phenoxy) is 6. The number of hydrogen-bond acceptors (Lipinski definition) is 14. The Hall–Kier alpha value is -2.83. The number of nitrogens with one attached hydrogen (secondary N) is 2. The molecule has 3 atom stereocenters. The van der Waals surface area contributed by atoms with Crippen molar-refractivity contribution in [2.75, 3.05) is 25.1 Å². The van der Waals surface area contributed by atoms with E-state index in [0.29, 0.717) is 12.7 Å². The van der Waals surface area contributed by atoms with Crippen LogP contribution in [-0.4, -0.2) is 85.7 Å². The first-order valence-electron chi connectivity index (χ1n) is 13.5. The van der Waals surface area contributed by atoms with Gasteiger partial charge in [-0.1, -0.05) is 0 Å². The third-order valence-electron chi connectivity index (χ3n) is 5.59. The molecule has 1 rings (SSSR count). The fraction of sp³-hybridized carbons (Fsp3) is 0.500. The maximum Gasteiger partial charge on any atom is 0.303 e. The van der Waals surface area contributed by atoms with E-state index in [-0.39, 0.29) is 34.5 Å². The highest BCUT2D eigenvalue weighted by molar-refractivity contribution is 14.1.